The molecule has 0 fully saturated rings. The quantitative estimate of drug-likeness (QED) is 0.573. The van der Waals surface area contributed by atoms with Crippen LogP contribution in [-0.4, -0.2) is 32.8 Å². The molecule has 0 aromatic carbocycles. The summed E-state index contributed by atoms with van der Waals surface area (Å²) in [4.78, 5) is 4.27. The van der Waals surface area contributed by atoms with Crippen LogP contribution in [0.4, 0.5) is 0 Å². The first-order chi connectivity index (χ1) is 4.86. The first-order valence-corrected chi connectivity index (χ1v) is 3.46. The molecule has 58 valence electrons. The Morgan fingerprint density at radius 1 is 1.60 bits per heavy atom. The second-order valence-corrected chi connectivity index (χ2v) is 2.37. The molecule has 0 unspecified atom stereocenters. The van der Waals surface area contributed by atoms with Crippen LogP contribution in [0.25, 0.3) is 0 Å². The molecular formula is C7H13NO2. The standard InChI is InChI=1S/C7H13NO2/c1-9-5-6-3-4-7(8-6)10-2/h6H,3-5H2,1-2H3/t6-/m1/s1. The van der Waals surface area contributed by atoms with Gasteiger partial charge in [0.15, 0.2) is 5.90 Å². The SMILES string of the molecule is COC[C@H]1CCC(OC)=N1. The molecule has 3 nitrogen and oxygen atoms in total. The molecule has 0 aliphatic carbocycles. The van der Waals surface area contributed by atoms with E-state index in [1.807, 2.05) is 0 Å². The summed E-state index contributed by atoms with van der Waals surface area (Å²) in [5.41, 5.74) is 0. The first-order valence-electron chi connectivity index (χ1n) is 3.46. The number of methoxy groups -OCH3 is 2. The van der Waals surface area contributed by atoms with E-state index in [1.165, 1.54) is 0 Å². The number of hydrogen-bond acceptors (Lipinski definition) is 3. The van der Waals surface area contributed by atoms with Crippen molar-refractivity contribution in [2.75, 3.05) is 20.8 Å². The van der Waals surface area contributed by atoms with E-state index in [0.29, 0.717) is 12.6 Å². The van der Waals surface area contributed by atoms with Crippen LogP contribution >= 0.6 is 0 Å². The van der Waals surface area contributed by atoms with Crippen molar-refractivity contribution in [3.8, 4) is 0 Å². The fourth-order valence-electron chi connectivity index (χ4n) is 1.09. The molecule has 0 saturated heterocycles. The third-order valence-electron chi connectivity index (χ3n) is 1.61. The third-order valence-corrected chi connectivity index (χ3v) is 1.61. The zero-order valence-electron chi connectivity index (χ0n) is 6.46. The van der Waals surface area contributed by atoms with Crippen molar-refractivity contribution in [3.63, 3.8) is 0 Å². The van der Waals surface area contributed by atoms with Crippen molar-refractivity contribution in [2.24, 2.45) is 4.99 Å². The molecule has 0 spiro atoms. The van der Waals surface area contributed by atoms with Gasteiger partial charge in [-0.25, -0.2) is 4.99 Å². The Bertz CT molecular complexity index is 134. The van der Waals surface area contributed by atoms with E-state index in [1.54, 1.807) is 14.2 Å². The molecule has 0 aromatic heterocycles. The van der Waals surface area contributed by atoms with Crippen molar-refractivity contribution in [3.05, 3.63) is 0 Å². The number of aliphatic imine (C=N–C) groups is 1. The number of rotatable bonds is 2. The number of nitrogens with zero attached hydrogens (tertiary/aromatic N) is 1. The van der Waals surface area contributed by atoms with E-state index in [9.17, 15) is 0 Å². The molecule has 1 atom stereocenters. The van der Waals surface area contributed by atoms with Crippen LogP contribution in [0, 0.1) is 0 Å². The van der Waals surface area contributed by atoms with Crippen molar-refractivity contribution in [2.45, 2.75) is 18.9 Å². The molecule has 0 saturated carbocycles. The maximum absolute atomic E-state index is 4.98. The molecule has 1 rings (SSSR count). The van der Waals surface area contributed by atoms with Gasteiger partial charge >= 0.3 is 0 Å². The van der Waals surface area contributed by atoms with Crippen LogP contribution in [0.3, 0.4) is 0 Å². The molecule has 0 N–H and O–H groups in total. The van der Waals surface area contributed by atoms with Crippen molar-refractivity contribution >= 4 is 5.90 Å². The van der Waals surface area contributed by atoms with Gasteiger partial charge in [-0.3, -0.25) is 0 Å². The highest BCUT2D eigenvalue weighted by atomic mass is 16.5. The summed E-state index contributed by atoms with van der Waals surface area (Å²) in [6.45, 7) is 0.715. The van der Waals surface area contributed by atoms with Crippen LogP contribution in [-0.2, 0) is 9.47 Å². The summed E-state index contributed by atoms with van der Waals surface area (Å²) in [5, 5.41) is 0. The average Bonchev–Trinajstić information content (AvgIpc) is 2.37. The minimum Gasteiger partial charge on any atom is -0.484 e. The summed E-state index contributed by atoms with van der Waals surface area (Å²) in [7, 11) is 3.36. The van der Waals surface area contributed by atoms with Crippen LogP contribution in [0.2, 0.25) is 0 Å². The fraction of sp³-hybridized carbons (Fsp3) is 0.857. The Balaban J connectivity index is 2.32. The van der Waals surface area contributed by atoms with E-state index in [-0.39, 0.29) is 0 Å². The lowest BCUT2D eigenvalue weighted by atomic mass is 10.2. The second kappa shape index (κ2) is 3.56. The monoisotopic (exact) mass is 143 g/mol. The Morgan fingerprint density at radius 3 is 2.90 bits per heavy atom. The maximum Gasteiger partial charge on any atom is 0.183 e. The molecular weight excluding hydrogens is 130 g/mol. The fourth-order valence-corrected chi connectivity index (χ4v) is 1.09. The highest BCUT2D eigenvalue weighted by Gasteiger charge is 2.16. The minimum absolute atomic E-state index is 0.333. The molecule has 3 heteroatoms. The number of ether oxygens (including phenoxy) is 2. The smallest absolute Gasteiger partial charge is 0.183 e. The van der Waals surface area contributed by atoms with Crippen molar-refractivity contribution in [1.29, 1.82) is 0 Å². The van der Waals surface area contributed by atoms with Gasteiger partial charge in [-0.05, 0) is 6.42 Å². The van der Waals surface area contributed by atoms with Gasteiger partial charge in [-0.1, -0.05) is 0 Å². The van der Waals surface area contributed by atoms with Crippen LogP contribution in [0.15, 0.2) is 4.99 Å². The van der Waals surface area contributed by atoms with Crippen LogP contribution in [0.5, 0.6) is 0 Å². The Labute approximate surface area is 61.0 Å². The summed E-state index contributed by atoms with van der Waals surface area (Å²) < 4.78 is 9.94. The van der Waals surface area contributed by atoms with Gasteiger partial charge in [0.25, 0.3) is 0 Å². The molecule has 1 aliphatic heterocycles. The predicted octanol–water partition coefficient (Wildman–Crippen LogP) is 0.840. The Hall–Kier alpha value is -0.570. The molecule has 0 amide bonds. The topological polar surface area (TPSA) is 30.8 Å². The molecule has 0 radical (unpaired) electrons. The van der Waals surface area contributed by atoms with Crippen LogP contribution < -0.4 is 0 Å². The predicted molar refractivity (Wildman–Crippen MR) is 39.3 cm³/mol. The van der Waals surface area contributed by atoms with E-state index in [0.717, 1.165) is 18.7 Å². The third kappa shape index (κ3) is 1.70. The van der Waals surface area contributed by atoms with Crippen molar-refractivity contribution in [1.82, 2.24) is 0 Å². The van der Waals surface area contributed by atoms with Gasteiger partial charge < -0.3 is 9.47 Å². The summed E-state index contributed by atoms with van der Waals surface area (Å²) in [6.07, 6.45) is 2.03. The van der Waals surface area contributed by atoms with Gasteiger partial charge in [-0.2, -0.15) is 0 Å². The largest absolute Gasteiger partial charge is 0.484 e. The zero-order valence-corrected chi connectivity index (χ0v) is 6.46. The summed E-state index contributed by atoms with van der Waals surface area (Å²) in [5.74, 6) is 0.863. The van der Waals surface area contributed by atoms with E-state index in [2.05, 4.69) is 4.99 Å². The zero-order chi connectivity index (χ0) is 7.40. The van der Waals surface area contributed by atoms with Crippen molar-refractivity contribution < 1.29 is 9.47 Å². The first kappa shape index (κ1) is 7.54. The molecule has 1 heterocycles. The van der Waals surface area contributed by atoms with E-state index < -0.39 is 0 Å². The Morgan fingerprint density at radius 2 is 2.40 bits per heavy atom. The molecule has 10 heavy (non-hydrogen) atoms. The highest BCUT2D eigenvalue weighted by Crippen LogP contribution is 2.13. The molecule has 0 bridgehead atoms. The second-order valence-electron chi connectivity index (χ2n) is 2.37. The van der Waals surface area contributed by atoms with E-state index >= 15 is 0 Å². The minimum atomic E-state index is 0.333. The Kier molecular flexibility index (Phi) is 2.68. The van der Waals surface area contributed by atoms with E-state index in [4.69, 9.17) is 9.47 Å². The lowest BCUT2D eigenvalue weighted by molar-refractivity contribution is 0.181. The van der Waals surface area contributed by atoms with Crippen LogP contribution in [0.1, 0.15) is 12.8 Å². The summed E-state index contributed by atoms with van der Waals surface area (Å²) in [6, 6.07) is 0.333. The summed E-state index contributed by atoms with van der Waals surface area (Å²) >= 11 is 0. The maximum atomic E-state index is 4.98. The van der Waals surface area contributed by atoms with Gasteiger partial charge in [-0.15, -0.1) is 0 Å². The van der Waals surface area contributed by atoms with Gasteiger partial charge in [0.1, 0.15) is 0 Å². The lowest BCUT2D eigenvalue weighted by Crippen LogP contribution is -2.07. The molecule has 0 aromatic rings. The highest BCUT2D eigenvalue weighted by molar-refractivity contribution is 5.77. The lowest BCUT2D eigenvalue weighted by Gasteiger charge is -2.01. The van der Waals surface area contributed by atoms with Gasteiger partial charge in [0, 0.05) is 13.5 Å². The average molecular weight is 143 g/mol. The molecule has 1 aliphatic rings. The van der Waals surface area contributed by atoms with Gasteiger partial charge in [0.05, 0.1) is 19.8 Å². The normalized spacial score (nSPS) is 24.6. The number of hydrogen-bond donors (Lipinski definition) is 0. The van der Waals surface area contributed by atoms with Gasteiger partial charge in [0.2, 0.25) is 0 Å².